The van der Waals surface area contributed by atoms with Crippen molar-refractivity contribution in [2.45, 2.75) is 87.7 Å². The van der Waals surface area contributed by atoms with Gasteiger partial charge in [0.1, 0.15) is 0 Å². The molecule has 0 radical (unpaired) electrons. The first-order valence-electron chi connectivity index (χ1n) is 13.4. The summed E-state index contributed by atoms with van der Waals surface area (Å²) >= 11 is 6.55. The second kappa shape index (κ2) is 10.6. The molecule has 3 aromatic rings. The molecule has 2 saturated carbocycles. The smallest absolute Gasteiger partial charge is 0.243 e. The average Bonchev–Trinajstić information content (AvgIpc) is 3.53. The fraction of sp³-hybridized carbons (Fsp3) is 0.536. The fourth-order valence-electron chi connectivity index (χ4n) is 5.81. The number of hydrogen-bond acceptors (Lipinski definition) is 5. The van der Waals surface area contributed by atoms with E-state index in [9.17, 15) is 8.42 Å². The minimum absolute atomic E-state index is 0.0752. The predicted octanol–water partition coefficient (Wildman–Crippen LogP) is 6.35. The Labute approximate surface area is 225 Å². The third-order valence-corrected chi connectivity index (χ3v) is 10.6. The van der Waals surface area contributed by atoms with Gasteiger partial charge in [-0.1, -0.05) is 49.8 Å². The highest BCUT2D eigenvalue weighted by Crippen LogP contribution is 2.32. The van der Waals surface area contributed by atoms with Gasteiger partial charge in [0.25, 0.3) is 0 Å². The Hall–Kier alpha value is -2.13. The Morgan fingerprint density at radius 3 is 2.54 bits per heavy atom. The molecule has 9 heteroatoms. The van der Waals surface area contributed by atoms with Crippen molar-refractivity contribution >= 4 is 44.3 Å². The van der Waals surface area contributed by atoms with Gasteiger partial charge in [-0.3, -0.25) is 0 Å². The van der Waals surface area contributed by atoms with Gasteiger partial charge in [0.05, 0.1) is 26.6 Å². The molecule has 2 fully saturated rings. The second-order valence-electron chi connectivity index (χ2n) is 11.0. The molecule has 2 aromatic carbocycles. The van der Waals surface area contributed by atoms with Crippen LogP contribution >= 0.6 is 11.6 Å². The zero-order valence-electron chi connectivity index (χ0n) is 22.1. The molecular weight excluding hydrogens is 506 g/mol. The number of halogens is 1. The van der Waals surface area contributed by atoms with Gasteiger partial charge in [-0.05, 0) is 68.5 Å². The molecule has 0 atom stereocenters. The first-order chi connectivity index (χ1) is 17.7. The molecule has 0 saturated heterocycles. The number of anilines is 2. The van der Waals surface area contributed by atoms with Crippen LogP contribution in [0.3, 0.4) is 0 Å². The molecule has 1 aromatic heterocycles. The summed E-state index contributed by atoms with van der Waals surface area (Å²) in [6, 6.07) is 11.3. The second-order valence-corrected chi connectivity index (χ2v) is 13.4. The molecule has 200 valence electrons. The van der Waals surface area contributed by atoms with E-state index in [1.165, 1.54) is 36.4 Å². The number of aryl methyl sites for hydroxylation is 1. The number of benzene rings is 2. The summed E-state index contributed by atoms with van der Waals surface area (Å²) in [6.45, 7) is 3.10. The minimum Gasteiger partial charge on any atom is -0.324 e. The highest BCUT2D eigenvalue weighted by molar-refractivity contribution is 7.89. The van der Waals surface area contributed by atoms with Gasteiger partial charge in [-0.15, -0.1) is 0 Å². The lowest BCUT2D eigenvalue weighted by Crippen LogP contribution is -2.43. The van der Waals surface area contributed by atoms with Crippen molar-refractivity contribution in [3.05, 3.63) is 47.0 Å². The summed E-state index contributed by atoms with van der Waals surface area (Å²) in [5, 5.41) is 7.74. The van der Waals surface area contributed by atoms with Gasteiger partial charge in [-0.25, -0.2) is 13.4 Å². The predicted molar refractivity (Wildman–Crippen MR) is 151 cm³/mol. The number of hydrogen-bond donors (Lipinski definition) is 2. The molecule has 1 heterocycles. The Morgan fingerprint density at radius 1 is 1.08 bits per heavy atom. The number of rotatable bonds is 8. The van der Waals surface area contributed by atoms with E-state index in [0.29, 0.717) is 16.5 Å². The van der Waals surface area contributed by atoms with Crippen molar-refractivity contribution in [1.29, 1.82) is 0 Å². The molecule has 2 aliphatic carbocycles. The number of sulfonamides is 1. The largest absolute Gasteiger partial charge is 0.324 e. The minimum atomic E-state index is -3.57. The summed E-state index contributed by atoms with van der Waals surface area (Å²) in [5.41, 5.74) is 3.60. The molecule has 0 amide bonds. The van der Waals surface area contributed by atoms with Gasteiger partial charge in [-0.2, -0.15) is 4.31 Å². The summed E-state index contributed by atoms with van der Waals surface area (Å²) in [6.07, 6.45) is 10.3. The molecule has 0 unspecified atom stereocenters. The van der Waals surface area contributed by atoms with Crippen LogP contribution < -0.4 is 10.6 Å². The third-order valence-electron chi connectivity index (χ3n) is 8.32. The zero-order valence-corrected chi connectivity index (χ0v) is 23.6. The number of imidazole rings is 1. The van der Waals surface area contributed by atoms with Crippen LogP contribution in [-0.4, -0.2) is 40.9 Å². The van der Waals surface area contributed by atoms with Crippen LogP contribution in [0.15, 0.2) is 41.3 Å². The van der Waals surface area contributed by atoms with Crippen molar-refractivity contribution in [3.63, 3.8) is 0 Å². The lowest BCUT2D eigenvalue weighted by Gasteiger charge is -2.35. The van der Waals surface area contributed by atoms with Crippen LogP contribution in [-0.2, 0) is 23.6 Å². The highest BCUT2D eigenvalue weighted by atomic mass is 35.5. The molecule has 37 heavy (non-hydrogen) atoms. The summed E-state index contributed by atoms with van der Waals surface area (Å²) in [4.78, 5) is 5.01. The molecule has 7 nitrogen and oxygen atoms in total. The molecular formula is C28H38ClN5O2S. The van der Waals surface area contributed by atoms with Gasteiger partial charge >= 0.3 is 0 Å². The topological polar surface area (TPSA) is 79.3 Å². The van der Waals surface area contributed by atoms with Gasteiger partial charge in [0.15, 0.2) is 0 Å². The molecule has 5 rings (SSSR count). The normalized spacial score (nSPS) is 18.6. The quantitative estimate of drug-likeness (QED) is 0.346. The van der Waals surface area contributed by atoms with Crippen LogP contribution in [0.4, 0.5) is 11.6 Å². The summed E-state index contributed by atoms with van der Waals surface area (Å²) < 4.78 is 30.0. The number of nitrogens with one attached hydrogen (secondary N) is 2. The van der Waals surface area contributed by atoms with Crippen molar-refractivity contribution in [3.8, 4) is 0 Å². The molecule has 2 N–H and O–H groups in total. The monoisotopic (exact) mass is 543 g/mol. The van der Waals surface area contributed by atoms with E-state index >= 15 is 0 Å². The maximum absolute atomic E-state index is 13.3. The SMILES string of the molecule is CN(C1CCCC1)S(=O)(=O)c1ccc2c(c1)nc(Nc1cc(CNC3(C)CCCCC3)ccc1Cl)n2C. The highest BCUT2D eigenvalue weighted by Gasteiger charge is 2.30. The van der Waals surface area contributed by atoms with E-state index in [4.69, 9.17) is 16.6 Å². The van der Waals surface area contributed by atoms with Crippen molar-refractivity contribution in [1.82, 2.24) is 19.2 Å². The van der Waals surface area contributed by atoms with Crippen molar-refractivity contribution < 1.29 is 8.42 Å². The average molecular weight is 544 g/mol. The van der Waals surface area contributed by atoms with E-state index in [2.05, 4.69) is 29.7 Å². The van der Waals surface area contributed by atoms with Crippen molar-refractivity contribution in [2.75, 3.05) is 12.4 Å². The van der Waals surface area contributed by atoms with E-state index in [1.54, 1.807) is 19.2 Å². The Morgan fingerprint density at radius 2 is 1.81 bits per heavy atom. The van der Waals surface area contributed by atoms with Crippen LogP contribution in [0.5, 0.6) is 0 Å². The van der Waals surface area contributed by atoms with E-state index in [1.807, 2.05) is 23.7 Å². The van der Waals surface area contributed by atoms with Crippen molar-refractivity contribution in [2.24, 2.45) is 7.05 Å². The Bertz CT molecular complexity index is 1370. The molecule has 2 aliphatic rings. The van der Waals surface area contributed by atoms with Crippen LogP contribution in [0.1, 0.15) is 70.3 Å². The Balaban J connectivity index is 1.36. The standard InChI is InChI=1S/C28H38ClN5O2S/c1-28(15-7-4-8-16-28)30-19-20-11-13-23(29)24(17-20)31-27-32-25-18-22(12-14-26(25)33(27)2)37(35,36)34(3)21-9-5-6-10-21/h11-14,17-18,21,30H,4-10,15-16,19H2,1-3H3,(H,31,32). The maximum atomic E-state index is 13.3. The van der Waals surface area contributed by atoms with Gasteiger partial charge in [0, 0.05) is 32.2 Å². The summed E-state index contributed by atoms with van der Waals surface area (Å²) in [7, 11) is 0.0363. The lowest BCUT2D eigenvalue weighted by molar-refractivity contribution is 0.252. The Kier molecular flexibility index (Phi) is 7.56. The fourth-order valence-corrected chi connectivity index (χ4v) is 7.41. The third kappa shape index (κ3) is 5.53. The van der Waals surface area contributed by atoms with Crippen LogP contribution in [0.25, 0.3) is 11.0 Å². The maximum Gasteiger partial charge on any atom is 0.243 e. The van der Waals surface area contributed by atoms with Gasteiger partial charge < -0.3 is 15.2 Å². The molecule has 0 spiro atoms. The van der Waals surface area contributed by atoms with Gasteiger partial charge in [0.2, 0.25) is 16.0 Å². The summed E-state index contributed by atoms with van der Waals surface area (Å²) in [5.74, 6) is 0.611. The first-order valence-corrected chi connectivity index (χ1v) is 15.2. The number of aromatic nitrogens is 2. The van der Waals surface area contributed by atoms with E-state index < -0.39 is 10.0 Å². The van der Waals surface area contributed by atoms with E-state index in [0.717, 1.165) is 49.0 Å². The van der Waals surface area contributed by atoms with E-state index in [-0.39, 0.29) is 16.5 Å². The number of fused-ring (bicyclic) bond motifs is 1. The number of nitrogens with zero attached hydrogens (tertiary/aromatic N) is 3. The van der Waals surface area contributed by atoms with Crippen LogP contribution in [0.2, 0.25) is 5.02 Å². The molecule has 0 aliphatic heterocycles. The molecule has 0 bridgehead atoms. The lowest BCUT2D eigenvalue weighted by atomic mass is 9.83. The zero-order chi connectivity index (χ0) is 26.2. The first kappa shape index (κ1) is 26.5. The van der Waals surface area contributed by atoms with Crippen LogP contribution in [0, 0.1) is 0 Å².